The highest BCUT2D eigenvalue weighted by Crippen LogP contribution is 2.18. The van der Waals surface area contributed by atoms with Gasteiger partial charge in [-0.05, 0) is 36.4 Å². The molecule has 0 aliphatic heterocycles. The number of nitrogen functional groups attached to an aromatic ring is 1. The Kier molecular flexibility index (Phi) is 3.72. The molecule has 0 aliphatic carbocycles. The predicted octanol–water partition coefficient (Wildman–Crippen LogP) is 2.50. The third-order valence-electron chi connectivity index (χ3n) is 2.51. The predicted molar refractivity (Wildman–Crippen MR) is 68.6 cm³/mol. The zero-order chi connectivity index (χ0) is 13.8. The molecule has 0 saturated heterocycles. The maximum Gasteiger partial charge on any atom is 0.255 e. The zero-order valence-corrected chi connectivity index (χ0v) is 9.78. The molecule has 6 heteroatoms. The summed E-state index contributed by atoms with van der Waals surface area (Å²) in [5, 5.41) is 2.30. The SMILES string of the molecule is NNc1ccc(C(=O)Nc2cccc(F)c2F)cc1. The minimum absolute atomic E-state index is 0.203. The minimum Gasteiger partial charge on any atom is -0.324 e. The first kappa shape index (κ1) is 13.0. The summed E-state index contributed by atoms with van der Waals surface area (Å²) in [5.74, 6) is 2.56. The summed E-state index contributed by atoms with van der Waals surface area (Å²) in [5.41, 5.74) is 3.16. The van der Waals surface area contributed by atoms with Gasteiger partial charge in [0.05, 0.1) is 5.69 Å². The number of nitrogens with one attached hydrogen (secondary N) is 2. The molecule has 4 nitrogen and oxygen atoms in total. The van der Waals surface area contributed by atoms with Crippen LogP contribution in [0.15, 0.2) is 42.5 Å². The number of benzene rings is 2. The van der Waals surface area contributed by atoms with Crippen LogP contribution in [0.1, 0.15) is 10.4 Å². The van der Waals surface area contributed by atoms with Crippen molar-refractivity contribution in [1.29, 1.82) is 0 Å². The normalized spacial score (nSPS) is 10.1. The summed E-state index contributed by atoms with van der Waals surface area (Å²) in [6, 6.07) is 9.80. The van der Waals surface area contributed by atoms with E-state index >= 15 is 0 Å². The fraction of sp³-hybridized carbons (Fsp3) is 0. The Morgan fingerprint density at radius 1 is 1.05 bits per heavy atom. The van der Waals surface area contributed by atoms with Gasteiger partial charge in [0.2, 0.25) is 0 Å². The van der Waals surface area contributed by atoms with E-state index in [9.17, 15) is 13.6 Å². The van der Waals surface area contributed by atoms with Crippen LogP contribution >= 0.6 is 0 Å². The molecule has 2 aromatic carbocycles. The molecule has 0 heterocycles. The second-order valence-electron chi connectivity index (χ2n) is 3.78. The number of anilines is 2. The van der Waals surface area contributed by atoms with Gasteiger partial charge in [0.25, 0.3) is 5.91 Å². The third-order valence-corrected chi connectivity index (χ3v) is 2.51. The maximum absolute atomic E-state index is 13.4. The first-order chi connectivity index (χ1) is 9.11. The van der Waals surface area contributed by atoms with Gasteiger partial charge < -0.3 is 10.7 Å². The number of hydrogen-bond acceptors (Lipinski definition) is 3. The number of hydrogen-bond donors (Lipinski definition) is 3. The first-order valence-corrected chi connectivity index (χ1v) is 5.44. The first-order valence-electron chi connectivity index (χ1n) is 5.44. The average Bonchev–Trinajstić information content (AvgIpc) is 2.44. The van der Waals surface area contributed by atoms with E-state index in [0.717, 1.165) is 6.07 Å². The van der Waals surface area contributed by atoms with Crippen molar-refractivity contribution < 1.29 is 13.6 Å². The second kappa shape index (κ2) is 5.45. The van der Waals surface area contributed by atoms with Gasteiger partial charge in [-0.25, -0.2) is 8.78 Å². The van der Waals surface area contributed by atoms with Crippen molar-refractivity contribution in [2.45, 2.75) is 0 Å². The molecule has 0 spiro atoms. The summed E-state index contributed by atoms with van der Waals surface area (Å²) < 4.78 is 26.4. The van der Waals surface area contributed by atoms with Gasteiger partial charge in [-0.15, -0.1) is 0 Å². The third kappa shape index (κ3) is 2.86. The molecule has 2 aromatic rings. The molecular formula is C13H11F2N3O. The van der Waals surface area contributed by atoms with Crippen LogP contribution in [0, 0.1) is 11.6 Å². The topological polar surface area (TPSA) is 67.1 Å². The van der Waals surface area contributed by atoms with Gasteiger partial charge in [0.15, 0.2) is 11.6 Å². The van der Waals surface area contributed by atoms with Gasteiger partial charge in [0.1, 0.15) is 0 Å². The highest BCUT2D eigenvalue weighted by Gasteiger charge is 2.11. The van der Waals surface area contributed by atoms with E-state index in [1.165, 1.54) is 24.3 Å². The molecular weight excluding hydrogens is 252 g/mol. The smallest absolute Gasteiger partial charge is 0.255 e. The Morgan fingerprint density at radius 3 is 2.37 bits per heavy atom. The van der Waals surface area contributed by atoms with E-state index < -0.39 is 17.5 Å². The molecule has 4 N–H and O–H groups in total. The van der Waals surface area contributed by atoms with E-state index in [0.29, 0.717) is 11.3 Å². The number of rotatable bonds is 3. The van der Waals surface area contributed by atoms with Crippen molar-refractivity contribution in [1.82, 2.24) is 0 Å². The number of carbonyl (C=O) groups is 1. The van der Waals surface area contributed by atoms with Crippen LogP contribution < -0.4 is 16.6 Å². The summed E-state index contributed by atoms with van der Waals surface area (Å²) in [4.78, 5) is 11.8. The van der Waals surface area contributed by atoms with E-state index in [1.54, 1.807) is 12.1 Å². The molecule has 0 aliphatic rings. The quantitative estimate of drug-likeness (QED) is 0.588. The van der Waals surface area contributed by atoms with E-state index in [1.807, 2.05) is 0 Å². The minimum atomic E-state index is -1.09. The lowest BCUT2D eigenvalue weighted by Crippen LogP contribution is -2.14. The Labute approximate surface area is 108 Å². The highest BCUT2D eigenvalue weighted by atomic mass is 19.2. The van der Waals surface area contributed by atoms with Crippen LogP contribution in [-0.4, -0.2) is 5.91 Å². The average molecular weight is 263 g/mol. The molecule has 0 saturated carbocycles. The van der Waals surface area contributed by atoms with Crippen LogP contribution in [-0.2, 0) is 0 Å². The van der Waals surface area contributed by atoms with Crippen LogP contribution in [0.25, 0.3) is 0 Å². The van der Waals surface area contributed by atoms with E-state index in [2.05, 4.69) is 10.7 Å². The fourth-order valence-corrected chi connectivity index (χ4v) is 1.51. The van der Waals surface area contributed by atoms with Crippen LogP contribution in [0.3, 0.4) is 0 Å². The van der Waals surface area contributed by atoms with Crippen molar-refractivity contribution in [3.05, 3.63) is 59.7 Å². The molecule has 0 bridgehead atoms. The van der Waals surface area contributed by atoms with Gasteiger partial charge in [-0.3, -0.25) is 10.6 Å². The molecule has 0 fully saturated rings. The van der Waals surface area contributed by atoms with Crippen molar-refractivity contribution in [2.24, 2.45) is 5.84 Å². The number of halogens is 2. The number of amides is 1. The zero-order valence-electron chi connectivity index (χ0n) is 9.78. The van der Waals surface area contributed by atoms with Crippen LogP contribution in [0.5, 0.6) is 0 Å². The Bertz CT molecular complexity index is 599. The Hall–Kier alpha value is -2.47. The number of carbonyl (C=O) groups excluding carboxylic acids is 1. The molecule has 0 radical (unpaired) electrons. The maximum atomic E-state index is 13.4. The molecule has 0 aromatic heterocycles. The summed E-state index contributed by atoms with van der Waals surface area (Å²) in [6.07, 6.45) is 0. The van der Waals surface area contributed by atoms with Crippen LogP contribution in [0.2, 0.25) is 0 Å². The van der Waals surface area contributed by atoms with Crippen molar-refractivity contribution in [3.63, 3.8) is 0 Å². The monoisotopic (exact) mass is 263 g/mol. The second-order valence-corrected chi connectivity index (χ2v) is 3.78. The lowest BCUT2D eigenvalue weighted by molar-refractivity contribution is 0.102. The van der Waals surface area contributed by atoms with Gasteiger partial charge >= 0.3 is 0 Å². The van der Waals surface area contributed by atoms with Crippen molar-refractivity contribution in [3.8, 4) is 0 Å². The highest BCUT2D eigenvalue weighted by molar-refractivity contribution is 6.04. The van der Waals surface area contributed by atoms with Crippen molar-refractivity contribution in [2.75, 3.05) is 10.7 Å². The fourth-order valence-electron chi connectivity index (χ4n) is 1.51. The Balaban J connectivity index is 2.18. The largest absolute Gasteiger partial charge is 0.324 e. The number of nitrogens with two attached hydrogens (primary N) is 1. The van der Waals surface area contributed by atoms with Crippen LogP contribution in [0.4, 0.5) is 20.2 Å². The van der Waals surface area contributed by atoms with Gasteiger partial charge in [-0.2, -0.15) is 0 Å². The van der Waals surface area contributed by atoms with E-state index in [-0.39, 0.29) is 5.69 Å². The van der Waals surface area contributed by atoms with Gasteiger partial charge in [0, 0.05) is 11.3 Å². The molecule has 1 amide bonds. The Morgan fingerprint density at radius 2 is 1.74 bits per heavy atom. The summed E-state index contributed by atoms with van der Waals surface area (Å²) >= 11 is 0. The van der Waals surface area contributed by atoms with Gasteiger partial charge in [-0.1, -0.05) is 6.07 Å². The lowest BCUT2D eigenvalue weighted by atomic mass is 10.2. The summed E-state index contributed by atoms with van der Waals surface area (Å²) in [7, 11) is 0. The van der Waals surface area contributed by atoms with E-state index in [4.69, 9.17) is 5.84 Å². The molecule has 98 valence electrons. The molecule has 19 heavy (non-hydrogen) atoms. The summed E-state index contributed by atoms with van der Waals surface area (Å²) in [6.45, 7) is 0. The standard InChI is InChI=1S/C13H11F2N3O/c14-10-2-1-3-11(12(10)15)17-13(19)8-4-6-9(18-16)7-5-8/h1-7,18H,16H2,(H,17,19). The molecule has 0 atom stereocenters. The van der Waals surface area contributed by atoms with Crippen molar-refractivity contribution >= 4 is 17.3 Å². The molecule has 2 rings (SSSR count). The molecule has 0 unspecified atom stereocenters. The number of hydrazine groups is 1. The lowest BCUT2D eigenvalue weighted by Gasteiger charge is -2.07.